The van der Waals surface area contributed by atoms with Crippen molar-refractivity contribution < 1.29 is 4.79 Å². The van der Waals surface area contributed by atoms with Crippen molar-refractivity contribution in [1.29, 1.82) is 0 Å². The first-order valence-electron chi connectivity index (χ1n) is 7.69. The van der Waals surface area contributed by atoms with E-state index in [9.17, 15) is 4.79 Å². The fourth-order valence-corrected chi connectivity index (χ4v) is 2.51. The molecule has 5 nitrogen and oxygen atoms in total. The molecule has 1 aliphatic heterocycles. The van der Waals surface area contributed by atoms with Crippen LogP contribution >= 0.6 is 0 Å². The molecule has 1 heterocycles. The minimum Gasteiger partial charge on any atom is -0.330 e. The Balaban J connectivity index is 2.22. The van der Waals surface area contributed by atoms with E-state index in [1.165, 1.54) is 12.8 Å². The van der Waals surface area contributed by atoms with Crippen LogP contribution in [0.5, 0.6) is 0 Å². The molecule has 1 saturated heterocycles. The topological polar surface area (TPSA) is 52.8 Å². The predicted molar refractivity (Wildman–Crippen MR) is 79.2 cm³/mol. The highest BCUT2D eigenvalue weighted by Gasteiger charge is 2.23. The number of carbonyl (C=O) groups excluding carboxylic acids is 1. The van der Waals surface area contributed by atoms with Crippen LogP contribution in [0.4, 0.5) is 4.79 Å². The maximum atomic E-state index is 12.2. The van der Waals surface area contributed by atoms with Crippen molar-refractivity contribution in [3.8, 4) is 0 Å². The first-order valence-corrected chi connectivity index (χ1v) is 7.69. The molecule has 0 spiro atoms. The Morgan fingerprint density at radius 3 is 2.21 bits per heavy atom. The summed E-state index contributed by atoms with van der Waals surface area (Å²) in [5, 5.41) is 0. The van der Waals surface area contributed by atoms with Crippen molar-refractivity contribution in [2.45, 2.75) is 33.1 Å². The van der Waals surface area contributed by atoms with Crippen molar-refractivity contribution in [3.63, 3.8) is 0 Å². The van der Waals surface area contributed by atoms with Crippen LogP contribution in [0, 0.1) is 0 Å². The Labute approximate surface area is 117 Å². The third-order valence-corrected chi connectivity index (χ3v) is 3.86. The van der Waals surface area contributed by atoms with Crippen LogP contribution in [0.15, 0.2) is 0 Å². The molecule has 0 aliphatic carbocycles. The van der Waals surface area contributed by atoms with Crippen LogP contribution < -0.4 is 5.73 Å². The lowest BCUT2D eigenvalue weighted by molar-refractivity contribution is 0.114. The number of nitrogens with zero attached hydrogens (tertiary/aromatic N) is 3. The van der Waals surface area contributed by atoms with Crippen molar-refractivity contribution in [3.05, 3.63) is 0 Å². The molecule has 0 radical (unpaired) electrons. The maximum absolute atomic E-state index is 12.2. The number of piperazine rings is 1. The molecular formula is C14H30N4O. The fraction of sp³-hybridized carbons (Fsp3) is 0.929. The highest BCUT2D eigenvalue weighted by Crippen LogP contribution is 2.07. The van der Waals surface area contributed by atoms with Crippen LogP contribution in [0.1, 0.15) is 33.1 Å². The van der Waals surface area contributed by atoms with E-state index in [2.05, 4.69) is 4.90 Å². The number of hydrogen-bond donors (Lipinski definition) is 1. The van der Waals surface area contributed by atoms with Gasteiger partial charge < -0.3 is 15.5 Å². The molecule has 0 aromatic heterocycles. The Bertz CT molecular complexity index is 248. The number of unbranched alkanes of at least 4 members (excludes halogenated alkanes) is 2. The van der Waals surface area contributed by atoms with E-state index in [4.69, 9.17) is 5.73 Å². The summed E-state index contributed by atoms with van der Waals surface area (Å²) in [6, 6.07) is 0.202. The zero-order chi connectivity index (χ0) is 14.1. The van der Waals surface area contributed by atoms with Gasteiger partial charge in [0.05, 0.1) is 0 Å². The van der Waals surface area contributed by atoms with E-state index in [1.807, 2.05) is 23.6 Å². The molecule has 0 unspecified atom stereocenters. The van der Waals surface area contributed by atoms with Crippen molar-refractivity contribution in [2.24, 2.45) is 5.73 Å². The third kappa shape index (κ3) is 5.37. The van der Waals surface area contributed by atoms with Crippen LogP contribution in [-0.4, -0.2) is 73.1 Å². The lowest BCUT2D eigenvalue weighted by Crippen LogP contribution is -2.52. The van der Waals surface area contributed by atoms with Gasteiger partial charge in [-0.1, -0.05) is 6.42 Å². The smallest absolute Gasteiger partial charge is 0.320 e. The second kappa shape index (κ2) is 9.15. The van der Waals surface area contributed by atoms with Gasteiger partial charge in [0.25, 0.3) is 0 Å². The average Bonchev–Trinajstić information content (AvgIpc) is 2.45. The van der Waals surface area contributed by atoms with Gasteiger partial charge >= 0.3 is 6.03 Å². The summed E-state index contributed by atoms with van der Waals surface area (Å²) < 4.78 is 0. The quantitative estimate of drug-likeness (QED) is 0.707. The number of carbonyl (C=O) groups is 1. The van der Waals surface area contributed by atoms with Gasteiger partial charge in [-0.05, 0) is 39.8 Å². The molecule has 0 bridgehead atoms. The van der Waals surface area contributed by atoms with Crippen LogP contribution in [-0.2, 0) is 0 Å². The summed E-state index contributed by atoms with van der Waals surface area (Å²) in [4.78, 5) is 18.5. The van der Waals surface area contributed by atoms with Crippen LogP contribution in [0.3, 0.4) is 0 Å². The zero-order valence-electron chi connectivity index (χ0n) is 12.6. The average molecular weight is 270 g/mol. The number of hydrogen-bond acceptors (Lipinski definition) is 3. The summed E-state index contributed by atoms with van der Waals surface area (Å²) >= 11 is 0. The Morgan fingerprint density at radius 2 is 1.68 bits per heavy atom. The lowest BCUT2D eigenvalue weighted by Gasteiger charge is -2.37. The summed E-state index contributed by atoms with van der Waals surface area (Å²) in [6.45, 7) is 11.4. The SMILES string of the molecule is CCN(CC)C(=O)N1CCN(CCCCCN)CC1. The maximum Gasteiger partial charge on any atom is 0.320 e. The minimum atomic E-state index is 0.202. The zero-order valence-corrected chi connectivity index (χ0v) is 12.6. The largest absolute Gasteiger partial charge is 0.330 e. The van der Waals surface area contributed by atoms with Crippen molar-refractivity contribution >= 4 is 6.03 Å². The minimum absolute atomic E-state index is 0.202. The van der Waals surface area contributed by atoms with Crippen molar-refractivity contribution in [2.75, 3.05) is 52.4 Å². The van der Waals surface area contributed by atoms with Gasteiger partial charge in [-0.15, -0.1) is 0 Å². The first kappa shape index (κ1) is 16.2. The van der Waals surface area contributed by atoms with Gasteiger partial charge in [0.1, 0.15) is 0 Å². The molecule has 19 heavy (non-hydrogen) atoms. The summed E-state index contributed by atoms with van der Waals surface area (Å²) in [6.07, 6.45) is 3.57. The molecule has 0 saturated carbocycles. The molecule has 5 heteroatoms. The van der Waals surface area contributed by atoms with E-state index < -0.39 is 0 Å². The van der Waals surface area contributed by atoms with Crippen LogP contribution in [0.25, 0.3) is 0 Å². The van der Waals surface area contributed by atoms with Gasteiger partial charge in [0.15, 0.2) is 0 Å². The normalized spacial score (nSPS) is 16.7. The van der Waals surface area contributed by atoms with E-state index in [1.54, 1.807) is 0 Å². The van der Waals surface area contributed by atoms with E-state index in [0.717, 1.165) is 58.8 Å². The van der Waals surface area contributed by atoms with Gasteiger partial charge in [0.2, 0.25) is 0 Å². The van der Waals surface area contributed by atoms with Gasteiger partial charge in [-0.25, -0.2) is 4.79 Å². The molecule has 1 aliphatic rings. The van der Waals surface area contributed by atoms with E-state index in [-0.39, 0.29) is 6.03 Å². The summed E-state index contributed by atoms with van der Waals surface area (Å²) in [5.74, 6) is 0. The summed E-state index contributed by atoms with van der Waals surface area (Å²) in [7, 11) is 0. The Hall–Kier alpha value is -0.810. The van der Waals surface area contributed by atoms with E-state index >= 15 is 0 Å². The fourth-order valence-electron chi connectivity index (χ4n) is 2.51. The summed E-state index contributed by atoms with van der Waals surface area (Å²) in [5.41, 5.74) is 5.49. The second-order valence-corrected chi connectivity index (χ2v) is 5.13. The molecule has 1 fully saturated rings. The monoisotopic (exact) mass is 270 g/mol. The molecule has 112 valence electrons. The van der Waals surface area contributed by atoms with Gasteiger partial charge in [-0.2, -0.15) is 0 Å². The molecule has 2 amide bonds. The predicted octanol–water partition coefficient (Wildman–Crippen LogP) is 1.19. The first-order chi connectivity index (χ1) is 9.22. The van der Waals surface area contributed by atoms with Crippen molar-refractivity contribution in [1.82, 2.24) is 14.7 Å². The number of amides is 2. The standard InChI is InChI=1S/C14H30N4O/c1-3-17(4-2)14(19)18-12-10-16(11-13-18)9-7-5-6-8-15/h3-13,15H2,1-2H3. The molecular weight excluding hydrogens is 240 g/mol. The van der Waals surface area contributed by atoms with Gasteiger partial charge in [-0.3, -0.25) is 4.90 Å². The molecule has 1 rings (SSSR count). The highest BCUT2D eigenvalue weighted by molar-refractivity contribution is 5.74. The Kier molecular flexibility index (Phi) is 7.82. The third-order valence-electron chi connectivity index (χ3n) is 3.86. The van der Waals surface area contributed by atoms with Gasteiger partial charge in [0, 0.05) is 39.3 Å². The Morgan fingerprint density at radius 1 is 1.05 bits per heavy atom. The number of rotatable bonds is 7. The van der Waals surface area contributed by atoms with Crippen LogP contribution in [0.2, 0.25) is 0 Å². The molecule has 0 aromatic rings. The number of nitrogens with two attached hydrogens (primary N) is 1. The molecule has 0 aromatic carbocycles. The second-order valence-electron chi connectivity index (χ2n) is 5.13. The molecule has 2 N–H and O–H groups in total. The number of urea groups is 1. The molecule has 0 atom stereocenters. The lowest BCUT2D eigenvalue weighted by atomic mass is 10.2. The highest BCUT2D eigenvalue weighted by atomic mass is 16.2. The van der Waals surface area contributed by atoms with E-state index in [0.29, 0.717) is 0 Å².